The lowest BCUT2D eigenvalue weighted by molar-refractivity contribution is 0.1000. The summed E-state index contributed by atoms with van der Waals surface area (Å²) < 4.78 is 5.34. The van der Waals surface area contributed by atoms with Crippen LogP contribution in [0.2, 0.25) is 0 Å². The molecule has 1 unspecified atom stereocenters. The summed E-state index contributed by atoms with van der Waals surface area (Å²) in [4.78, 5) is 0. The largest absolute Gasteiger partial charge is 0.381 e. The monoisotopic (exact) mass is 201 g/mol. The van der Waals surface area contributed by atoms with Crippen molar-refractivity contribution < 1.29 is 4.74 Å². The van der Waals surface area contributed by atoms with Gasteiger partial charge in [-0.3, -0.25) is 0 Å². The Labute approximate surface area is 84.8 Å². The van der Waals surface area contributed by atoms with Gasteiger partial charge < -0.3 is 10.1 Å². The molecule has 2 fully saturated rings. The van der Waals surface area contributed by atoms with Gasteiger partial charge in [-0.2, -0.15) is 11.8 Å². The zero-order chi connectivity index (χ0) is 8.93. The number of thioether (sulfide) groups is 1. The summed E-state index contributed by atoms with van der Waals surface area (Å²) >= 11 is 2.15. The van der Waals surface area contributed by atoms with Crippen LogP contribution in [-0.4, -0.2) is 36.8 Å². The minimum atomic E-state index is 0.799. The van der Waals surface area contributed by atoms with E-state index >= 15 is 0 Å². The average molecular weight is 201 g/mol. The molecular weight excluding hydrogens is 182 g/mol. The van der Waals surface area contributed by atoms with Crippen molar-refractivity contribution >= 4 is 11.8 Å². The Balaban J connectivity index is 1.60. The van der Waals surface area contributed by atoms with E-state index in [0.717, 1.165) is 24.5 Å². The first-order chi connectivity index (χ1) is 6.45. The zero-order valence-corrected chi connectivity index (χ0v) is 8.94. The molecule has 3 heteroatoms. The molecule has 0 amide bonds. The van der Waals surface area contributed by atoms with E-state index in [1.54, 1.807) is 0 Å². The standard InChI is InChI=1S/C10H19NOS/c1-2-9(11-5-1)8-13-10-3-6-12-7-4-10/h9-11H,1-8H2. The first-order valence-corrected chi connectivity index (χ1v) is 6.43. The lowest BCUT2D eigenvalue weighted by atomic mass is 10.2. The molecule has 0 aromatic heterocycles. The van der Waals surface area contributed by atoms with Crippen molar-refractivity contribution in [3.8, 4) is 0 Å². The van der Waals surface area contributed by atoms with E-state index in [1.165, 1.54) is 38.0 Å². The fourth-order valence-electron chi connectivity index (χ4n) is 1.99. The van der Waals surface area contributed by atoms with Gasteiger partial charge in [0.1, 0.15) is 0 Å². The molecule has 0 aromatic rings. The molecule has 0 aromatic carbocycles. The Morgan fingerprint density at radius 2 is 2.08 bits per heavy atom. The van der Waals surface area contributed by atoms with Crippen molar-refractivity contribution in [2.75, 3.05) is 25.5 Å². The predicted octanol–water partition coefficient (Wildman–Crippen LogP) is 1.65. The smallest absolute Gasteiger partial charge is 0.0476 e. The average Bonchev–Trinajstić information content (AvgIpc) is 2.69. The molecular formula is C10H19NOS. The van der Waals surface area contributed by atoms with Crippen molar-refractivity contribution in [3.05, 3.63) is 0 Å². The van der Waals surface area contributed by atoms with Gasteiger partial charge in [0.25, 0.3) is 0 Å². The SMILES string of the molecule is C1CNC(CSC2CCOCC2)C1. The van der Waals surface area contributed by atoms with Gasteiger partial charge in [0.2, 0.25) is 0 Å². The van der Waals surface area contributed by atoms with Gasteiger partial charge >= 0.3 is 0 Å². The van der Waals surface area contributed by atoms with Crippen molar-refractivity contribution in [2.45, 2.75) is 37.0 Å². The Hall–Kier alpha value is 0.270. The second kappa shape index (κ2) is 5.23. The van der Waals surface area contributed by atoms with Crippen LogP contribution < -0.4 is 5.32 Å². The first kappa shape index (κ1) is 9.81. The second-order valence-electron chi connectivity index (χ2n) is 3.94. The molecule has 2 aliphatic heterocycles. The van der Waals surface area contributed by atoms with E-state index in [9.17, 15) is 0 Å². The molecule has 0 aliphatic carbocycles. The Bertz CT molecular complexity index is 142. The summed E-state index contributed by atoms with van der Waals surface area (Å²) in [5, 5.41) is 4.42. The summed E-state index contributed by atoms with van der Waals surface area (Å²) in [6, 6.07) is 0.799. The minimum absolute atomic E-state index is 0.799. The fourth-order valence-corrected chi connectivity index (χ4v) is 3.31. The molecule has 2 heterocycles. The zero-order valence-electron chi connectivity index (χ0n) is 8.13. The van der Waals surface area contributed by atoms with Crippen LogP contribution in [0.4, 0.5) is 0 Å². The van der Waals surface area contributed by atoms with Crippen LogP contribution in [0, 0.1) is 0 Å². The van der Waals surface area contributed by atoms with E-state index in [4.69, 9.17) is 4.74 Å². The molecule has 0 saturated carbocycles. The second-order valence-corrected chi connectivity index (χ2v) is 5.27. The van der Waals surface area contributed by atoms with Crippen molar-refractivity contribution in [2.24, 2.45) is 0 Å². The molecule has 2 nitrogen and oxygen atoms in total. The van der Waals surface area contributed by atoms with Crippen LogP contribution in [0.5, 0.6) is 0 Å². The summed E-state index contributed by atoms with van der Waals surface area (Å²) in [5.74, 6) is 1.31. The lowest BCUT2D eigenvalue weighted by Crippen LogP contribution is -2.26. The summed E-state index contributed by atoms with van der Waals surface area (Å²) in [6.45, 7) is 3.20. The highest BCUT2D eigenvalue weighted by atomic mass is 32.2. The highest BCUT2D eigenvalue weighted by Crippen LogP contribution is 2.24. The van der Waals surface area contributed by atoms with Gasteiger partial charge in [-0.05, 0) is 32.2 Å². The highest BCUT2D eigenvalue weighted by molar-refractivity contribution is 7.99. The van der Waals surface area contributed by atoms with E-state index in [1.807, 2.05) is 0 Å². The maximum atomic E-state index is 5.34. The highest BCUT2D eigenvalue weighted by Gasteiger charge is 2.18. The molecule has 0 bridgehead atoms. The van der Waals surface area contributed by atoms with Crippen LogP contribution in [0.3, 0.4) is 0 Å². The Kier molecular flexibility index (Phi) is 3.94. The van der Waals surface area contributed by atoms with E-state index in [0.29, 0.717) is 0 Å². The molecule has 0 radical (unpaired) electrons. The predicted molar refractivity (Wildman–Crippen MR) is 57.3 cm³/mol. The summed E-state index contributed by atoms with van der Waals surface area (Å²) in [7, 11) is 0. The molecule has 2 rings (SSSR count). The van der Waals surface area contributed by atoms with Crippen LogP contribution in [0.25, 0.3) is 0 Å². The van der Waals surface area contributed by atoms with Gasteiger partial charge in [-0.1, -0.05) is 0 Å². The topological polar surface area (TPSA) is 21.3 Å². The Morgan fingerprint density at radius 1 is 1.23 bits per heavy atom. The number of nitrogens with one attached hydrogen (secondary N) is 1. The van der Waals surface area contributed by atoms with Crippen LogP contribution in [0.15, 0.2) is 0 Å². The van der Waals surface area contributed by atoms with Crippen LogP contribution >= 0.6 is 11.8 Å². The maximum Gasteiger partial charge on any atom is 0.0476 e. The number of hydrogen-bond donors (Lipinski definition) is 1. The molecule has 2 aliphatic rings. The normalized spacial score (nSPS) is 30.9. The third-order valence-corrected chi connectivity index (χ3v) is 4.40. The third-order valence-electron chi connectivity index (χ3n) is 2.86. The number of hydrogen-bond acceptors (Lipinski definition) is 3. The lowest BCUT2D eigenvalue weighted by Gasteiger charge is -2.22. The van der Waals surface area contributed by atoms with E-state index in [2.05, 4.69) is 17.1 Å². The van der Waals surface area contributed by atoms with Crippen molar-refractivity contribution in [1.29, 1.82) is 0 Å². The summed E-state index contributed by atoms with van der Waals surface area (Å²) in [5.41, 5.74) is 0. The maximum absolute atomic E-state index is 5.34. The molecule has 1 N–H and O–H groups in total. The number of rotatable bonds is 3. The molecule has 76 valence electrons. The van der Waals surface area contributed by atoms with E-state index in [-0.39, 0.29) is 0 Å². The molecule has 1 atom stereocenters. The van der Waals surface area contributed by atoms with Crippen molar-refractivity contribution in [3.63, 3.8) is 0 Å². The van der Waals surface area contributed by atoms with Gasteiger partial charge in [-0.25, -0.2) is 0 Å². The van der Waals surface area contributed by atoms with Gasteiger partial charge in [0.15, 0.2) is 0 Å². The quantitative estimate of drug-likeness (QED) is 0.750. The van der Waals surface area contributed by atoms with E-state index < -0.39 is 0 Å². The molecule has 2 saturated heterocycles. The van der Waals surface area contributed by atoms with Crippen LogP contribution in [-0.2, 0) is 4.74 Å². The van der Waals surface area contributed by atoms with Crippen molar-refractivity contribution in [1.82, 2.24) is 5.32 Å². The first-order valence-electron chi connectivity index (χ1n) is 5.38. The van der Waals surface area contributed by atoms with Gasteiger partial charge in [0.05, 0.1) is 0 Å². The number of ether oxygens (including phenoxy) is 1. The Morgan fingerprint density at radius 3 is 2.77 bits per heavy atom. The fraction of sp³-hybridized carbons (Fsp3) is 1.00. The minimum Gasteiger partial charge on any atom is -0.381 e. The molecule has 13 heavy (non-hydrogen) atoms. The van der Waals surface area contributed by atoms with Gasteiger partial charge in [-0.15, -0.1) is 0 Å². The van der Waals surface area contributed by atoms with Crippen LogP contribution in [0.1, 0.15) is 25.7 Å². The summed E-state index contributed by atoms with van der Waals surface area (Å²) in [6.07, 6.45) is 5.28. The molecule has 0 spiro atoms. The van der Waals surface area contributed by atoms with Gasteiger partial charge in [0, 0.05) is 30.3 Å². The third kappa shape index (κ3) is 3.15.